The summed E-state index contributed by atoms with van der Waals surface area (Å²) in [5, 5.41) is 27.3. The van der Waals surface area contributed by atoms with Crippen LogP contribution in [0.25, 0.3) is 0 Å². The van der Waals surface area contributed by atoms with Crippen molar-refractivity contribution in [2.75, 3.05) is 10.6 Å². The first-order chi connectivity index (χ1) is 21.1. The van der Waals surface area contributed by atoms with Crippen molar-refractivity contribution in [1.29, 1.82) is 0 Å². The molecule has 0 heterocycles. The fourth-order valence-corrected chi connectivity index (χ4v) is 6.15. The van der Waals surface area contributed by atoms with E-state index >= 15 is 0 Å². The highest BCUT2D eigenvalue weighted by molar-refractivity contribution is 9.10. The Morgan fingerprint density at radius 2 is 0.955 bits per heavy atom. The predicted molar refractivity (Wildman–Crippen MR) is 174 cm³/mol. The maximum Gasteiger partial charge on any atom is 0.270 e. The summed E-state index contributed by atoms with van der Waals surface area (Å²) < 4.78 is 1.05. The second kappa shape index (κ2) is 13.5. The molecule has 0 atom stereocenters. The van der Waals surface area contributed by atoms with Gasteiger partial charge in [0, 0.05) is 44.6 Å². The monoisotopic (exact) mass is 720 g/mol. The quantitative estimate of drug-likeness (QED) is 0.152. The number of nitro benzene ring substituents is 2. The molecule has 4 aromatic carbocycles. The van der Waals surface area contributed by atoms with Crippen LogP contribution < -0.4 is 10.6 Å². The van der Waals surface area contributed by atoms with Gasteiger partial charge in [-0.15, -0.1) is 0 Å². The lowest BCUT2D eigenvalue weighted by molar-refractivity contribution is -0.385. The van der Waals surface area contributed by atoms with Gasteiger partial charge in [0.05, 0.1) is 21.0 Å². The van der Waals surface area contributed by atoms with Gasteiger partial charge in [0.15, 0.2) is 0 Å². The molecule has 0 bridgehead atoms. The Balaban J connectivity index is 0.000000175. The minimum Gasteiger partial charge on any atom is -0.322 e. The van der Waals surface area contributed by atoms with E-state index in [0.29, 0.717) is 20.3 Å². The number of anilines is 2. The van der Waals surface area contributed by atoms with E-state index in [1.807, 2.05) is 36.4 Å². The molecule has 44 heavy (non-hydrogen) atoms. The number of non-ortho nitro benzene ring substituents is 2. The zero-order valence-corrected chi connectivity index (χ0v) is 26.4. The van der Waals surface area contributed by atoms with Crippen LogP contribution in [-0.2, 0) is 25.7 Å². The van der Waals surface area contributed by atoms with Crippen LogP contribution >= 0.6 is 31.9 Å². The zero-order chi connectivity index (χ0) is 31.4. The molecule has 0 saturated carbocycles. The minimum absolute atomic E-state index is 0.109. The lowest BCUT2D eigenvalue weighted by atomic mass is 10.1. The molecule has 12 heteroatoms. The topological polar surface area (TPSA) is 144 Å². The zero-order valence-electron chi connectivity index (χ0n) is 23.3. The Kier molecular flexibility index (Phi) is 9.50. The van der Waals surface area contributed by atoms with Gasteiger partial charge in [-0.25, -0.2) is 0 Å². The summed E-state index contributed by atoms with van der Waals surface area (Å²) in [4.78, 5) is 45.3. The molecule has 2 amide bonds. The molecule has 6 rings (SSSR count). The number of benzene rings is 4. The Morgan fingerprint density at radius 1 is 0.568 bits per heavy atom. The number of halogens is 2. The van der Waals surface area contributed by atoms with Crippen molar-refractivity contribution in [1.82, 2.24) is 0 Å². The number of fused-ring (bicyclic) bond motifs is 2. The summed E-state index contributed by atoms with van der Waals surface area (Å²) in [5.74, 6) is -0.734. The van der Waals surface area contributed by atoms with Crippen molar-refractivity contribution in [3.63, 3.8) is 0 Å². The maximum atomic E-state index is 12.3. The normalized spacial score (nSPS) is 12.8. The minimum atomic E-state index is -0.515. The molecule has 0 fully saturated rings. The molecule has 0 aromatic heterocycles. The van der Waals surface area contributed by atoms with Gasteiger partial charge >= 0.3 is 0 Å². The Morgan fingerprint density at radius 3 is 1.34 bits per heavy atom. The van der Waals surface area contributed by atoms with Gasteiger partial charge in [0.1, 0.15) is 0 Å². The maximum absolute atomic E-state index is 12.3. The van der Waals surface area contributed by atoms with Crippen LogP contribution in [0.1, 0.15) is 55.8 Å². The number of hydrogen-bond acceptors (Lipinski definition) is 6. The van der Waals surface area contributed by atoms with Crippen molar-refractivity contribution >= 4 is 66.4 Å². The lowest BCUT2D eigenvalue weighted by Crippen LogP contribution is -2.13. The van der Waals surface area contributed by atoms with Gasteiger partial charge in [0.25, 0.3) is 23.2 Å². The third-order valence-electron chi connectivity index (χ3n) is 7.52. The number of aryl methyl sites for hydroxylation is 4. The molecular formula is C32H26Br2N4O6. The van der Waals surface area contributed by atoms with Gasteiger partial charge in [-0.1, -0.05) is 12.1 Å². The fourth-order valence-electron chi connectivity index (χ4n) is 5.30. The van der Waals surface area contributed by atoms with E-state index in [0.717, 1.165) is 38.5 Å². The molecule has 4 aromatic rings. The molecule has 0 aliphatic heterocycles. The van der Waals surface area contributed by atoms with E-state index in [1.54, 1.807) is 0 Å². The van der Waals surface area contributed by atoms with E-state index in [2.05, 4.69) is 42.5 Å². The average Bonchev–Trinajstić information content (AvgIpc) is 3.66. The van der Waals surface area contributed by atoms with E-state index in [9.17, 15) is 29.8 Å². The van der Waals surface area contributed by atoms with Gasteiger partial charge < -0.3 is 10.6 Å². The van der Waals surface area contributed by atoms with Crippen LogP contribution in [0.4, 0.5) is 22.7 Å². The van der Waals surface area contributed by atoms with Crippen LogP contribution in [-0.4, -0.2) is 21.7 Å². The van der Waals surface area contributed by atoms with Gasteiger partial charge in [-0.05, 0) is 129 Å². The highest BCUT2D eigenvalue weighted by Crippen LogP contribution is 2.29. The molecule has 224 valence electrons. The summed E-state index contributed by atoms with van der Waals surface area (Å²) in [6.45, 7) is 0. The van der Waals surface area contributed by atoms with Crippen molar-refractivity contribution in [2.24, 2.45) is 0 Å². The van der Waals surface area contributed by atoms with E-state index in [4.69, 9.17) is 0 Å². The number of hydrogen-bond donors (Lipinski definition) is 2. The summed E-state index contributed by atoms with van der Waals surface area (Å²) >= 11 is 6.52. The predicted octanol–water partition coefficient (Wildman–Crippen LogP) is 8.20. The SMILES string of the molecule is O=C(Nc1ccc2c(c1)CCC2)c1cc([N+](=O)[O-])ccc1Br.O=C(Nc1ccc2c(c1)CCC2)c1cc([N+](=O)[O-])ccc1Br. The van der Waals surface area contributed by atoms with E-state index < -0.39 is 9.85 Å². The van der Waals surface area contributed by atoms with Crippen LogP contribution in [0.3, 0.4) is 0 Å². The largest absolute Gasteiger partial charge is 0.322 e. The summed E-state index contributed by atoms with van der Waals surface area (Å²) in [5.41, 5.74) is 6.87. The van der Waals surface area contributed by atoms with Crippen molar-refractivity contribution < 1.29 is 19.4 Å². The number of rotatable bonds is 6. The second-order valence-corrected chi connectivity index (χ2v) is 12.1. The van der Waals surface area contributed by atoms with E-state index in [1.165, 1.54) is 58.7 Å². The van der Waals surface area contributed by atoms with Crippen LogP contribution in [0.15, 0.2) is 81.7 Å². The van der Waals surface area contributed by atoms with Gasteiger partial charge in [0.2, 0.25) is 0 Å². The van der Waals surface area contributed by atoms with Crippen molar-refractivity contribution in [3.8, 4) is 0 Å². The number of nitro groups is 2. The molecule has 0 saturated heterocycles. The van der Waals surface area contributed by atoms with Crippen molar-refractivity contribution in [3.05, 3.63) is 135 Å². The number of carbonyl (C=O) groups is 2. The van der Waals surface area contributed by atoms with Crippen molar-refractivity contribution in [2.45, 2.75) is 38.5 Å². The molecule has 10 nitrogen and oxygen atoms in total. The highest BCUT2D eigenvalue weighted by Gasteiger charge is 2.19. The molecule has 2 aliphatic rings. The van der Waals surface area contributed by atoms with Gasteiger partial charge in [-0.3, -0.25) is 29.8 Å². The molecule has 0 unspecified atom stereocenters. The standard InChI is InChI=1S/2C16H13BrN2O3/c2*17-15-7-6-13(19(21)22)9-14(15)16(20)18-12-5-4-10-2-1-3-11(10)8-12/h2*4-9H,1-3H2,(H,18,20). The molecule has 0 radical (unpaired) electrons. The smallest absolute Gasteiger partial charge is 0.270 e. The van der Waals surface area contributed by atoms with Crippen LogP contribution in [0, 0.1) is 20.2 Å². The first kappa shape index (κ1) is 31.0. The first-order valence-corrected chi connectivity index (χ1v) is 15.4. The number of nitrogens with zero attached hydrogens (tertiary/aromatic N) is 2. The van der Waals surface area contributed by atoms with Crippen LogP contribution in [0.5, 0.6) is 0 Å². The number of nitrogens with one attached hydrogen (secondary N) is 2. The Labute approximate surface area is 269 Å². The van der Waals surface area contributed by atoms with Crippen LogP contribution in [0.2, 0.25) is 0 Å². The van der Waals surface area contributed by atoms with E-state index in [-0.39, 0.29) is 34.3 Å². The average molecular weight is 722 g/mol. The lowest BCUT2D eigenvalue weighted by Gasteiger charge is -2.08. The fraction of sp³-hybridized carbons (Fsp3) is 0.188. The summed E-state index contributed by atoms with van der Waals surface area (Å²) in [7, 11) is 0. The van der Waals surface area contributed by atoms with Gasteiger partial charge in [-0.2, -0.15) is 0 Å². The molecule has 2 aliphatic carbocycles. The second-order valence-electron chi connectivity index (χ2n) is 10.4. The molecule has 0 spiro atoms. The Bertz CT molecular complexity index is 1680. The summed E-state index contributed by atoms with van der Waals surface area (Å²) in [6, 6.07) is 20.0. The summed E-state index contributed by atoms with van der Waals surface area (Å²) in [6.07, 6.45) is 6.51. The molecule has 2 N–H and O–H groups in total. The number of amides is 2. The Hall–Kier alpha value is -4.42. The molecular weight excluding hydrogens is 696 g/mol. The number of carbonyl (C=O) groups excluding carboxylic acids is 2. The first-order valence-electron chi connectivity index (χ1n) is 13.8. The third-order valence-corrected chi connectivity index (χ3v) is 8.91. The third kappa shape index (κ3) is 7.20. The highest BCUT2D eigenvalue weighted by atomic mass is 79.9.